The Hall–Kier alpha value is -1.74. The molecule has 3 rings (SSSR count). The molecule has 1 fully saturated rings. The monoisotopic (exact) mass is 515 g/mol. The van der Waals surface area contributed by atoms with Crippen LogP contribution in [0, 0.1) is 0 Å². The van der Waals surface area contributed by atoms with Crippen molar-refractivity contribution in [3.63, 3.8) is 0 Å². The van der Waals surface area contributed by atoms with Crippen molar-refractivity contribution in [2.45, 2.75) is 18.9 Å². The zero-order valence-electron chi connectivity index (χ0n) is 16.2. The number of hydrogen-bond acceptors (Lipinski definition) is 4. The van der Waals surface area contributed by atoms with Gasteiger partial charge in [0.2, 0.25) is 0 Å². The molecule has 0 bridgehead atoms. The van der Waals surface area contributed by atoms with Gasteiger partial charge in [-0.25, -0.2) is 4.98 Å². The van der Waals surface area contributed by atoms with Gasteiger partial charge in [-0.05, 0) is 36.6 Å². The topological polar surface area (TPSA) is 61.8 Å². The second-order valence-electron chi connectivity index (χ2n) is 6.49. The van der Waals surface area contributed by atoms with Crippen LogP contribution in [0.15, 0.2) is 47.6 Å². The molecule has 1 aromatic carbocycles. The van der Waals surface area contributed by atoms with Gasteiger partial charge in [-0.15, -0.1) is 24.0 Å². The maximum Gasteiger partial charge on any atom is 0.191 e. The Morgan fingerprint density at radius 3 is 2.86 bits per heavy atom. The molecule has 152 valence electrons. The summed E-state index contributed by atoms with van der Waals surface area (Å²) in [7, 11) is 3.51. The quantitative estimate of drug-likeness (QED) is 0.267. The molecule has 1 aromatic heterocycles. The van der Waals surface area contributed by atoms with Crippen molar-refractivity contribution in [1.29, 1.82) is 0 Å². The number of rotatable bonds is 6. The highest BCUT2D eigenvalue weighted by Gasteiger charge is 2.25. The van der Waals surface area contributed by atoms with Crippen molar-refractivity contribution < 1.29 is 4.74 Å². The summed E-state index contributed by atoms with van der Waals surface area (Å²) in [6.45, 7) is 2.69. The van der Waals surface area contributed by atoms with E-state index in [2.05, 4.69) is 31.6 Å². The van der Waals surface area contributed by atoms with Gasteiger partial charge in [0.05, 0.1) is 12.8 Å². The Balaban J connectivity index is 0.00000280. The van der Waals surface area contributed by atoms with Gasteiger partial charge >= 0.3 is 0 Å². The van der Waals surface area contributed by atoms with E-state index in [1.807, 2.05) is 36.5 Å². The van der Waals surface area contributed by atoms with Gasteiger partial charge in [0.25, 0.3) is 0 Å². The highest BCUT2D eigenvalue weighted by atomic mass is 127. The zero-order chi connectivity index (χ0) is 19.1. The standard InChI is InChI=1S/C20H26ClN5O.HI/c1-22-20(23-11-9-15-7-8-19(21)24-13-15)25-16-10-12-26(14-16)17-5-3-4-6-18(17)27-2;/h3-8,13,16H,9-12,14H2,1-2H3,(H2,22,23,25);1H. The molecule has 2 aromatic rings. The molecule has 1 aliphatic rings. The van der Waals surface area contributed by atoms with Crippen molar-refractivity contribution in [3.05, 3.63) is 53.3 Å². The lowest BCUT2D eigenvalue weighted by Gasteiger charge is -2.22. The van der Waals surface area contributed by atoms with Gasteiger partial charge in [-0.3, -0.25) is 4.99 Å². The van der Waals surface area contributed by atoms with E-state index in [1.54, 1.807) is 14.2 Å². The van der Waals surface area contributed by atoms with Crippen LogP contribution in [0.4, 0.5) is 5.69 Å². The van der Waals surface area contributed by atoms with Gasteiger partial charge in [0, 0.05) is 38.9 Å². The summed E-state index contributed by atoms with van der Waals surface area (Å²) in [6, 6.07) is 12.3. The van der Waals surface area contributed by atoms with Crippen LogP contribution in [0.1, 0.15) is 12.0 Å². The summed E-state index contributed by atoms with van der Waals surface area (Å²) in [5, 5.41) is 7.41. The summed E-state index contributed by atoms with van der Waals surface area (Å²) in [5.74, 6) is 1.74. The minimum Gasteiger partial charge on any atom is -0.495 e. The highest BCUT2D eigenvalue weighted by Crippen LogP contribution is 2.30. The van der Waals surface area contributed by atoms with E-state index >= 15 is 0 Å². The third-order valence-electron chi connectivity index (χ3n) is 4.67. The van der Waals surface area contributed by atoms with E-state index in [-0.39, 0.29) is 24.0 Å². The van der Waals surface area contributed by atoms with Crippen molar-refractivity contribution in [2.24, 2.45) is 4.99 Å². The number of halogens is 2. The first-order chi connectivity index (χ1) is 13.2. The SMILES string of the molecule is CN=C(NCCc1ccc(Cl)nc1)NC1CCN(c2ccccc2OC)C1.I. The summed E-state index contributed by atoms with van der Waals surface area (Å²) >= 11 is 5.82. The van der Waals surface area contributed by atoms with Crippen LogP contribution in [0.5, 0.6) is 5.75 Å². The Bertz CT molecular complexity index is 771. The number of anilines is 1. The predicted octanol–water partition coefficient (Wildman–Crippen LogP) is 3.35. The minimum atomic E-state index is 0. The van der Waals surface area contributed by atoms with Crippen molar-refractivity contribution in [2.75, 3.05) is 38.7 Å². The Morgan fingerprint density at radius 2 is 2.14 bits per heavy atom. The van der Waals surface area contributed by atoms with Crippen LogP contribution in [-0.2, 0) is 6.42 Å². The number of ether oxygens (including phenoxy) is 1. The lowest BCUT2D eigenvalue weighted by molar-refractivity contribution is 0.415. The molecule has 0 radical (unpaired) electrons. The lowest BCUT2D eigenvalue weighted by atomic mass is 10.2. The first kappa shape index (κ1) is 22.5. The third-order valence-corrected chi connectivity index (χ3v) is 4.90. The van der Waals surface area contributed by atoms with Crippen molar-refractivity contribution in [3.8, 4) is 5.75 Å². The molecule has 1 unspecified atom stereocenters. The number of hydrogen-bond donors (Lipinski definition) is 2. The fourth-order valence-electron chi connectivity index (χ4n) is 3.26. The molecule has 0 aliphatic carbocycles. The molecular formula is C20H27ClIN5O. The molecule has 1 atom stereocenters. The third kappa shape index (κ3) is 6.13. The van der Waals surface area contributed by atoms with E-state index in [9.17, 15) is 0 Å². The molecule has 0 spiro atoms. The van der Waals surface area contributed by atoms with Crippen LogP contribution in [0.3, 0.4) is 0 Å². The zero-order valence-corrected chi connectivity index (χ0v) is 19.3. The first-order valence-corrected chi connectivity index (χ1v) is 9.53. The maximum atomic E-state index is 5.82. The van der Waals surface area contributed by atoms with E-state index in [0.29, 0.717) is 11.2 Å². The van der Waals surface area contributed by atoms with E-state index < -0.39 is 0 Å². The van der Waals surface area contributed by atoms with Crippen LogP contribution in [-0.4, -0.2) is 50.8 Å². The summed E-state index contributed by atoms with van der Waals surface area (Å²) in [6.07, 6.45) is 3.73. The number of para-hydroxylation sites is 2. The number of aliphatic imine (C=N–C) groups is 1. The fraction of sp³-hybridized carbons (Fsp3) is 0.400. The van der Waals surface area contributed by atoms with Gasteiger partial charge < -0.3 is 20.3 Å². The van der Waals surface area contributed by atoms with Gasteiger partial charge in [0.1, 0.15) is 10.9 Å². The van der Waals surface area contributed by atoms with Crippen LogP contribution in [0.2, 0.25) is 5.15 Å². The molecule has 8 heteroatoms. The Morgan fingerprint density at radius 1 is 1.32 bits per heavy atom. The molecule has 0 amide bonds. The van der Waals surface area contributed by atoms with Gasteiger partial charge in [0.15, 0.2) is 5.96 Å². The molecule has 2 N–H and O–H groups in total. The van der Waals surface area contributed by atoms with Gasteiger partial charge in [-0.1, -0.05) is 29.8 Å². The largest absolute Gasteiger partial charge is 0.495 e. The number of nitrogens with zero attached hydrogens (tertiary/aromatic N) is 3. The number of benzene rings is 1. The van der Waals surface area contributed by atoms with Crippen molar-refractivity contribution in [1.82, 2.24) is 15.6 Å². The second-order valence-corrected chi connectivity index (χ2v) is 6.87. The van der Waals surface area contributed by atoms with Crippen LogP contribution in [0.25, 0.3) is 0 Å². The number of aromatic nitrogens is 1. The minimum absolute atomic E-state index is 0. The predicted molar refractivity (Wildman–Crippen MR) is 126 cm³/mol. The number of pyridine rings is 1. The van der Waals surface area contributed by atoms with Crippen LogP contribution < -0.4 is 20.3 Å². The van der Waals surface area contributed by atoms with Gasteiger partial charge in [-0.2, -0.15) is 0 Å². The fourth-order valence-corrected chi connectivity index (χ4v) is 3.37. The molecular weight excluding hydrogens is 489 g/mol. The molecule has 1 aliphatic heterocycles. The second kappa shape index (κ2) is 11.3. The van der Waals surface area contributed by atoms with E-state index in [1.165, 1.54) is 0 Å². The summed E-state index contributed by atoms with van der Waals surface area (Å²) in [4.78, 5) is 10.8. The number of methoxy groups -OCH3 is 1. The highest BCUT2D eigenvalue weighted by molar-refractivity contribution is 14.0. The normalized spacial score (nSPS) is 16.5. The molecule has 6 nitrogen and oxygen atoms in total. The van der Waals surface area contributed by atoms with Crippen LogP contribution >= 0.6 is 35.6 Å². The molecule has 28 heavy (non-hydrogen) atoms. The number of guanidine groups is 1. The average molecular weight is 516 g/mol. The smallest absolute Gasteiger partial charge is 0.191 e. The maximum absolute atomic E-state index is 5.82. The summed E-state index contributed by atoms with van der Waals surface area (Å²) in [5.41, 5.74) is 2.29. The van der Waals surface area contributed by atoms with E-state index in [4.69, 9.17) is 16.3 Å². The summed E-state index contributed by atoms with van der Waals surface area (Å²) < 4.78 is 5.49. The average Bonchev–Trinajstić information content (AvgIpc) is 3.17. The van der Waals surface area contributed by atoms with Crippen molar-refractivity contribution >= 4 is 47.2 Å². The number of nitrogens with one attached hydrogen (secondary N) is 2. The molecule has 2 heterocycles. The lowest BCUT2D eigenvalue weighted by Crippen LogP contribution is -2.45. The molecule has 0 saturated carbocycles. The molecule has 1 saturated heterocycles. The first-order valence-electron chi connectivity index (χ1n) is 9.15. The Kier molecular flexibility index (Phi) is 9.11. The Labute approximate surface area is 188 Å². The van der Waals surface area contributed by atoms with E-state index in [0.717, 1.165) is 55.4 Å².